The Labute approximate surface area is 128 Å². The third-order valence-corrected chi connectivity index (χ3v) is 5.39. The van der Waals surface area contributed by atoms with Gasteiger partial charge in [0.15, 0.2) is 0 Å². The molecule has 0 N–H and O–H groups in total. The minimum Gasteiger partial charge on any atom is -0.299 e. The largest absolute Gasteiger partial charge is 0.299 e. The zero-order chi connectivity index (χ0) is 14.7. The molecule has 3 nitrogen and oxygen atoms in total. The smallest absolute Gasteiger partial charge is 0.136 e. The average Bonchev–Trinajstić information content (AvgIpc) is 3.13. The van der Waals surface area contributed by atoms with Crippen molar-refractivity contribution < 1.29 is 4.79 Å². The molecule has 2 atom stereocenters. The molecule has 0 radical (unpaired) electrons. The van der Waals surface area contributed by atoms with Gasteiger partial charge < -0.3 is 0 Å². The minimum atomic E-state index is 0.224. The first-order valence-electron chi connectivity index (χ1n) is 8.83. The first kappa shape index (κ1) is 14.8. The van der Waals surface area contributed by atoms with Gasteiger partial charge in [-0.25, -0.2) is 0 Å². The number of ketones is 1. The van der Waals surface area contributed by atoms with Gasteiger partial charge in [0.1, 0.15) is 5.78 Å². The summed E-state index contributed by atoms with van der Waals surface area (Å²) < 4.78 is 2.15. The summed E-state index contributed by atoms with van der Waals surface area (Å²) in [7, 11) is 0. The fourth-order valence-corrected chi connectivity index (χ4v) is 4.18. The molecule has 116 valence electrons. The number of carbonyl (C=O) groups excluding carboxylic acids is 1. The van der Waals surface area contributed by atoms with Gasteiger partial charge in [-0.1, -0.05) is 32.6 Å². The molecule has 1 aromatic heterocycles. The van der Waals surface area contributed by atoms with Crippen LogP contribution in [0.5, 0.6) is 0 Å². The number of nitrogens with zero attached hydrogens (tertiary/aromatic N) is 2. The molecule has 2 aliphatic rings. The summed E-state index contributed by atoms with van der Waals surface area (Å²) in [5, 5.41) is 4.76. The fraction of sp³-hybridized carbons (Fsp3) is 0.778. The van der Waals surface area contributed by atoms with Gasteiger partial charge in [0.05, 0.1) is 11.7 Å². The lowest BCUT2D eigenvalue weighted by atomic mass is 9.77. The Bertz CT molecular complexity index is 473. The standard InChI is InChI=1S/C18H28N2O/c1-2-5-14-8-9-18(21)15(12-14)13-16-10-11-20(19-16)17-6-3-4-7-17/h10-11,14-15,17H,2-9,12-13H2,1H3. The lowest BCUT2D eigenvalue weighted by molar-refractivity contribution is -0.125. The Kier molecular flexibility index (Phi) is 4.77. The molecule has 3 rings (SSSR count). The number of Topliss-reactive ketones (excluding diaryl/α,β-unsaturated/α-hetero) is 1. The van der Waals surface area contributed by atoms with Crippen molar-refractivity contribution in [1.82, 2.24) is 9.78 Å². The monoisotopic (exact) mass is 288 g/mol. The topological polar surface area (TPSA) is 34.9 Å². The molecule has 3 heteroatoms. The molecular formula is C18H28N2O. The van der Waals surface area contributed by atoms with Crippen molar-refractivity contribution in [2.24, 2.45) is 11.8 Å². The highest BCUT2D eigenvalue weighted by Crippen LogP contribution is 2.32. The van der Waals surface area contributed by atoms with Crippen LogP contribution in [0.3, 0.4) is 0 Å². The van der Waals surface area contributed by atoms with Gasteiger partial charge in [-0.05, 0) is 37.7 Å². The molecule has 0 saturated heterocycles. The van der Waals surface area contributed by atoms with Crippen molar-refractivity contribution in [3.05, 3.63) is 18.0 Å². The summed E-state index contributed by atoms with van der Waals surface area (Å²) >= 11 is 0. The van der Waals surface area contributed by atoms with Gasteiger partial charge in [0, 0.05) is 25.0 Å². The molecule has 0 aliphatic heterocycles. The summed E-state index contributed by atoms with van der Waals surface area (Å²) in [5.41, 5.74) is 1.12. The van der Waals surface area contributed by atoms with E-state index in [4.69, 9.17) is 5.10 Å². The Morgan fingerprint density at radius 1 is 1.29 bits per heavy atom. The van der Waals surface area contributed by atoms with Crippen LogP contribution in [0.1, 0.15) is 76.4 Å². The molecule has 2 unspecified atom stereocenters. The quantitative estimate of drug-likeness (QED) is 0.808. The Hall–Kier alpha value is -1.12. The van der Waals surface area contributed by atoms with E-state index in [0.29, 0.717) is 11.8 Å². The predicted octanol–water partition coefficient (Wildman–Crippen LogP) is 4.33. The number of rotatable bonds is 5. The van der Waals surface area contributed by atoms with Crippen LogP contribution in [-0.2, 0) is 11.2 Å². The number of carbonyl (C=O) groups is 1. The highest BCUT2D eigenvalue weighted by molar-refractivity contribution is 5.81. The number of aromatic nitrogens is 2. The average molecular weight is 288 g/mol. The van der Waals surface area contributed by atoms with Gasteiger partial charge in [0.2, 0.25) is 0 Å². The second-order valence-electron chi connectivity index (χ2n) is 7.02. The first-order chi connectivity index (χ1) is 10.3. The zero-order valence-corrected chi connectivity index (χ0v) is 13.3. The first-order valence-corrected chi connectivity index (χ1v) is 8.83. The van der Waals surface area contributed by atoms with Crippen molar-refractivity contribution in [2.75, 3.05) is 0 Å². The van der Waals surface area contributed by atoms with Crippen molar-refractivity contribution in [1.29, 1.82) is 0 Å². The highest BCUT2D eigenvalue weighted by Gasteiger charge is 2.29. The van der Waals surface area contributed by atoms with Crippen molar-refractivity contribution >= 4 is 5.78 Å². The molecule has 1 aromatic rings. The Morgan fingerprint density at radius 3 is 2.86 bits per heavy atom. The second kappa shape index (κ2) is 6.76. The maximum atomic E-state index is 12.2. The van der Waals surface area contributed by atoms with Gasteiger partial charge in [-0.15, -0.1) is 0 Å². The van der Waals surface area contributed by atoms with E-state index in [0.717, 1.165) is 37.3 Å². The van der Waals surface area contributed by atoms with E-state index < -0.39 is 0 Å². The van der Waals surface area contributed by atoms with E-state index in [2.05, 4.69) is 23.9 Å². The van der Waals surface area contributed by atoms with Gasteiger partial charge >= 0.3 is 0 Å². The van der Waals surface area contributed by atoms with E-state index in [1.807, 2.05) is 0 Å². The lowest BCUT2D eigenvalue weighted by Gasteiger charge is -2.27. The van der Waals surface area contributed by atoms with Crippen LogP contribution < -0.4 is 0 Å². The van der Waals surface area contributed by atoms with E-state index in [1.54, 1.807) is 0 Å². The highest BCUT2D eigenvalue weighted by atomic mass is 16.1. The SMILES string of the molecule is CCCC1CCC(=O)C(Cc2ccn(C3CCCC3)n2)C1. The Balaban J connectivity index is 1.60. The molecular weight excluding hydrogens is 260 g/mol. The summed E-state index contributed by atoms with van der Waals surface area (Å²) in [5.74, 6) is 1.45. The van der Waals surface area contributed by atoms with Crippen LogP contribution in [-0.4, -0.2) is 15.6 Å². The predicted molar refractivity (Wildman–Crippen MR) is 84.2 cm³/mol. The maximum Gasteiger partial charge on any atom is 0.136 e. The van der Waals surface area contributed by atoms with Crippen LogP contribution in [0.15, 0.2) is 12.3 Å². The summed E-state index contributed by atoms with van der Waals surface area (Å²) in [6, 6.07) is 2.74. The molecule has 2 fully saturated rings. The molecule has 2 saturated carbocycles. The van der Waals surface area contributed by atoms with E-state index >= 15 is 0 Å². The van der Waals surface area contributed by atoms with Gasteiger partial charge in [-0.3, -0.25) is 9.48 Å². The molecule has 0 aromatic carbocycles. The second-order valence-corrected chi connectivity index (χ2v) is 7.02. The van der Waals surface area contributed by atoms with Crippen LogP contribution in [0.25, 0.3) is 0 Å². The maximum absolute atomic E-state index is 12.2. The van der Waals surface area contributed by atoms with Crippen molar-refractivity contribution in [3.8, 4) is 0 Å². The summed E-state index contributed by atoms with van der Waals surface area (Å²) in [6.07, 6.45) is 13.7. The molecule has 21 heavy (non-hydrogen) atoms. The van der Waals surface area contributed by atoms with Crippen LogP contribution in [0, 0.1) is 11.8 Å². The lowest BCUT2D eigenvalue weighted by Crippen LogP contribution is -2.26. The molecule has 0 spiro atoms. The minimum absolute atomic E-state index is 0.224. The summed E-state index contributed by atoms with van der Waals surface area (Å²) in [6.45, 7) is 2.24. The molecule has 2 aliphatic carbocycles. The molecule has 0 bridgehead atoms. The van der Waals surface area contributed by atoms with Crippen LogP contribution in [0.2, 0.25) is 0 Å². The Morgan fingerprint density at radius 2 is 2.10 bits per heavy atom. The van der Waals surface area contributed by atoms with E-state index in [-0.39, 0.29) is 5.92 Å². The van der Waals surface area contributed by atoms with Crippen molar-refractivity contribution in [3.63, 3.8) is 0 Å². The third kappa shape index (κ3) is 3.56. The van der Waals surface area contributed by atoms with E-state index in [1.165, 1.54) is 38.5 Å². The zero-order valence-electron chi connectivity index (χ0n) is 13.3. The third-order valence-electron chi connectivity index (χ3n) is 5.39. The number of hydrogen-bond acceptors (Lipinski definition) is 2. The molecule has 1 heterocycles. The summed E-state index contributed by atoms with van der Waals surface area (Å²) in [4.78, 5) is 12.2. The molecule has 0 amide bonds. The van der Waals surface area contributed by atoms with Crippen LogP contribution >= 0.6 is 0 Å². The number of hydrogen-bond donors (Lipinski definition) is 0. The van der Waals surface area contributed by atoms with Gasteiger partial charge in [-0.2, -0.15) is 5.10 Å². The normalized spacial score (nSPS) is 27.4. The van der Waals surface area contributed by atoms with Crippen molar-refractivity contribution in [2.45, 2.75) is 77.2 Å². The van der Waals surface area contributed by atoms with Gasteiger partial charge in [0.25, 0.3) is 0 Å². The fourth-order valence-electron chi connectivity index (χ4n) is 4.18. The van der Waals surface area contributed by atoms with Crippen LogP contribution in [0.4, 0.5) is 0 Å². The van der Waals surface area contributed by atoms with E-state index in [9.17, 15) is 4.79 Å².